The minimum atomic E-state index is -0.236. The number of rotatable bonds is 3. The fourth-order valence-electron chi connectivity index (χ4n) is 2.13. The van der Waals surface area contributed by atoms with Gasteiger partial charge in [-0.1, -0.05) is 46.3 Å². The standard InChI is InChI=1S/C18H20BrNO/c1-18(2,3)20(13-14-7-5-4-6-8-14)17(21)15-9-11-16(19)12-10-15/h4-12H,13H2,1-3H3. The van der Waals surface area contributed by atoms with Crippen LogP contribution in [-0.2, 0) is 6.54 Å². The van der Waals surface area contributed by atoms with Crippen molar-refractivity contribution >= 4 is 21.8 Å². The van der Waals surface area contributed by atoms with Gasteiger partial charge in [0.15, 0.2) is 0 Å². The Balaban J connectivity index is 2.28. The molecule has 2 nitrogen and oxygen atoms in total. The van der Waals surface area contributed by atoms with Crippen molar-refractivity contribution in [2.75, 3.05) is 0 Å². The van der Waals surface area contributed by atoms with Crippen molar-refractivity contribution in [2.24, 2.45) is 0 Å². The molecule has 3 heteroatoms. The molecule has 0 fully saturated rings. The number of hydrogen-bond acceptors (Lipinski definition) is 1. The van der Waals surface area contributed by atoms with Crippen LogP contribution in [0.1, 0.15) is 36.7 Å². The van der Waals surface area contributed by atoms with Crippen molar-refractivity contribution in [1.29, 1.82) is 0 Å². The van der Waals surface area contributed by atoms with Crippen molar-refractivity contribution in [3.63, 3.8) is 0 Å². The van der Waals surface area contributed by atoms with Gasteiger partial charge >= 0.3 is 0 Å². The molecule has 0 unspecified atom stereocenters. The summed E-state index contributed by atoms with van der Waals surface area (Å²) >= 11 is 3.40. The van der Waals surface area contributed by atoms with E-state index in [0.717, 1.165) is 10.0 Å². The summed E-state index contributed by atoms with van der Waals surface area (Å²) in [5.74, 6) is 0.0545. The Kier molecular flexibility index (Phi) is 4.84. The van der Waals surface area contributed by atoms with Crippen molar-refractivity contribution < 1.29 is 4.79 Å². The van der Waals surface area contributed by atoms with Gasteiger partial charge in [-0.15, -0.1) is 0 Å². The molecule has 0 heterocycles. The summed E-state index contributed by atoms with van der Waals surface area (Å²) in [5, 5.41) is 0. The van der Waals surface area contributed by atoms with Gasteiger partial charge in [0.1, 0.15) is 0 Å². The lowest BCUT2D eigenvalue weighted by atomic mass is 10.0. The van der Waals surface area contributed by atoms with E-state index in [1.807, 2.05) is 59.5 Å². The number of nitrogens with zero attached hydrogens (tertiary/aromatic N) is 1. The Labute approximate surface area is 134 Å². The molecule has 21 heavy (non-hydrogen) atoms. The summed E-state index contributed by atoms with van der Waals surface area (Å²) in [6.45, 7) is 6.80. The zero-order chi connectivity index (χ0) is 15.5. The molecule has 0 radical (unpaired) electrons. The topological polar surface area (TPSA) is 20.3 Å². The molecule has 0 saturated heterocycles. The first-order valence-corrected chi connectivity index (χ1v) is 7.79. The average Bonchev–Trinajstić information content (AvgIpc) is 2.45. The normalized spacial score (nSPS) is 11.2. The van der Waals surface area contributed by atoms with E-state index >= 15 is 0 Å². The first kappa shape index (κ1) is 15.8. The number of amides is 1. The number of benzene rings is 2. The van der Waals surface area contributed by atoms with E-state index in [0.29, 0.717) is 12.1 Å². The summed E-state index contributed by atoms with van der Waals surface area (Å²) in [4.78, 5) is 14.7. The lowest BCUT2D eigenvalue weighted by Crippen LogP contribution is -2.45. The molecule has 2 aromatic rings. The summed E-state index contributed by atoms with van der Waals surface area (Å²) in [6, 6.07) is 17.6. The first-order chi connectivity index (χ1) is 9.88. The molecule has 0 aromatic heterocycles. The lowest BCUT2D eigenvalue weighted by molar-refractivity contribution is 0.0559. The maximum Gasteiger partial charge on any atom is 0.254 e. The van der Waals surface area contributed by atoms with E-state index in [-0.39, 0.29) is 11.4 Å². The van der Waals surface area contributed by atoms with E-state index in [4.69, 9.17) is 0 Å². The van der Waals surface area contributed by atoms with Gasteiger partial charge in [0, 0.05) is 22.1 Å². The highest BCUT2D eigenvalue weighted by Crippen LogP contribution is 2.21. The Morgan fingerprint density at radius 3 is 2.10 bits per heavy atom. The summed E-state index contributed by atoms with van der Waals surface area (Å²) in [6.07, 6.45) is 0. The van der Waals surface area contributed by atoms with E-state index < -0.39 is 0 Å². The van der Waals surface area contributed by atoms with Gasteiger partial charge in [-0.2, -0.15) is 0 Å². The van der Waals surface area contributed by atoms with Crippen LogP contribution in [0.4, 0.5) is 0 Å². The van der Waals surface area contributed by atoms with Crippen LogP contribution in [0.2, 0.25) is 0 Å². The Morgan fingerprint density at radius 1 is 1.00 bits per heavy atom. The van der Waals surface area contributed by atoms with Crippen molar-refractivity contribution in [2.45, 2.75) is 32.9 Å². The van der Waals surface area contributed by atoms with E-state index in [9.17, 15) is 4.79 Å². The fraction of sp³-hybridized carbons (Fsp3) is 0.278. The van der Waals surface area contributed by atoms with E-state index in [1.165, 1.54) is 0 Å². The molecule has 1 amide bonds. The van der Waals surface area contributed by atoms with Gasteiger partial charge in [-0.3, -0.25) is 4.79 Å². The highest BCUT2D eigenvalue weighted by Gasteiger charge is 2.27. The van der Waals surface area contributed by atoms with Crippen LogP contribution in [0.25, 0.3) is 0 Å². The Hall–Kier alpha value is -1.61. The highest BCUT2D eigenvalue weighted by atomic mass is 79.9. The second-order valence-electron chi connectivity index (χ2n) is 6.05. The number of halogens is 1. The van der Waals surface area contributed by atoms with Crippen molar-refractivity contribution in [1.82, 2.24) is 4.90 Å². The zero-order valence-corrected chi connectivity index (χ0v) is 14.2. The Morgan fingerprint density at radius 2 is 1.57 bits per heavy atom. The van der Waals surface area contributed by atoms with Crippen LogP contribution >= 0.6 is 15.9 Å². The quantitative estimate of drug-likeness (QED) is 0.775. The maximum atomic E-state index is 12.8. The second-order valence-corrected chi connectivity index (χ2v) is 6.97. The first-order valence-electron chi connectivity index (χ1n) is 6.99. The molecule has 0 bridgehead atoms. The molecule has 0 N–H and O–H groups in total. The van der Waals surface area contributed by atoms with Crippen molar-refractivity contribution in [3.8, 4) is 0 Å². The average molecular weight is 346 g/mol. The monoisotopic (exact) mass is 345 g/mol. The number of hydrogen-bond donors (Lipinski definition) is 0. The lowest BCUT2D eigenvalue weighted by Gasteiger charge is -2.36. The number of carbonyl (C=O) groups is 1. The van der Waals surface area contributed by atoms with Gasteiger partial charge in [0.2, 0.25) is 0 Å². The molecule has 0 spiro atoms. The van der Waals surface area contributed by atoms with Gasteiger partial charge in [-0.05, 0) is 50.6 Å². The molecule has 2 rings (SSSR count). The van der Waals surface area contributed by atoms with Crippen LogP contribution in [-0.4, -0.2) is 16.3 Å². The fourth-order valence-corrected chi connectivity index (χ4v) is 2.39. The molecule has 0 saturated carbocycles. The molecule has 0 aliphatic rings. The minimum absolute atomic E-state index is 0.0545. The second kappa shape index (κ2) is 6.44. The van der Waals surface area contributed by atoms with Gasteiger partial charge < -0.3 is 4.90 Å². The molecular formula is C18H20BrNO. The van der Waals surface area contributed by atoms with Crippen LogP contribution in [0, 0.1) is 0 Å². The van der Waals surface area contributed by atoms with Crippen LogP contribution in [0.5, 0.6) is 0 Å². The summed E-state index contributed by atoms with van der Waals surface area (Å²) < 4.78 is 0.976. The predicted molar refractivity (Wildman–Crippen MR) is 90.2 cm³/mol. The van der Waals surface area contributed by atoms with Crippen LogP contribution in [0.15, 0.2) is 59.1 Å². The predicted octanol–water partition coefficient (Wildman–Crippen LogP) is 4.89. The minimum Gasteiger partial charge on any atom is -0.329 e. The van der Waals surface area contributed by atoms with E-state index in [1.54, 1.807) is 0 Å². The third-order valence-corrected chi connectivity index (χ3v) is 3.86. The SMILES string of the molecule is CC(C)(C)N(Cc1ccccc1)C(=O)c1ccc(Br)cc1. The van der Waals surface area contributed by atoms with Gasteiger partial charge in [-0.25, -0.2) is 0 Å². The highest BCUT2D eigenvalue weighted by molar-refractivity contribution is 9.10. The van der Waals surface area contributed by atoms with Crippen molar-refractivity contribution in [3.05, 3.63) is 70.2 Å². The molecular weight excluding hydrogens is 326 g/mol. The largest absolute Gasteiger partial charge is 0.329 e. The third kappa shape index (κ3) is 4.18. The number of carbonyl (C=O) groups excluding carboxylic acids is 1. The van der Waals surface area contributed by atoms with Gasteiger partial charge in [0.05, 0.1) is 0 Å². The maximum absolute atomic E-state index is 12.8. The summed E-state index contributed by atoms with van der Waals surface area (Å²) in [7, 11) is 0. The molecule has 110 valence electrons. The molecule has 0 aliphatic heterocycles. The third-order valence-electron chi connectivity index (χ3n) is 3.33. The molecule has 0 atom stereocenters. The zero-order valence-electron chi connectivity index (χ0n) is 12.6. The summed E-state index contributed by atoms with van der Waals surface area (Å²) in [5.41, 5.74) is 1.61. The smallest absolute Gasteiger partial charge is 0.254 e. The van der Waals surface area contributed by atoms with Crippen LogP contribution < -0.4 is 0 Å². The van der Waals surface area contributed by atoms with E-state index in [2.05, 4.69) is 36.7 Å². The van der Waals surface area contributed by atoms with Crippen LogP contribution in [0.3, 0.4) is 0 Å². The Bertz CT molecular complexity index is 599. The van der Waals surface area contributed by atoms with Gasteiger partial charge in [0.25, 0.3) is 5.91 Å². The molecule has 2 aromatic carbocycles. The molecule has 0 aliphatic carbocycles.